The number of carbonyl (C=O) groups is 2. The maximum absolute atomic E-state index is 11.3. The lowest BCUT2D eigenvalue weighted by Crippen LogP contribution is -2.34. The average molecular weight is 227 g/mol. The minimum Gasteiger partial charge on any atom is -0.479 e. The van der Waals surface area contributed by atoms with Gasteiger partial charge in [0.25, 0.3) is 0 Å². The lowest BCUT2D eigenvalue weighted by atomic mass is 10.2. The molecule has 1 aromatic rings. The summed E-state index contributed by atoms with van der Waals surface area (Å²) < 4.78 is 4.72. The van der Waals surface area contributed by atoms with Gasteiger partial charge in [0.1, 0.15) is 6.61 Å². The van der Waals surface area contributed by atoms with Crippen molar-refractivity contribution in [2.24, 2.45) is 0 Å². The molecule has 0 saturated carbocycles. The highest BCUT2D eigenvalue weighted by Crippen LogP contribution is 2.27. The predicted molar refractivity (Wildman–Crippen MR) is 52.7 cm³/mol. The molecule has 5 nitrogen and oxygen atoms in total. The molecule has 0 aliphatic carbocycles. The number of carboxylic acids is 1. The monoisotopic (exact) mass is 227 g/mol. The summed E-state index contributed by atoms with van der Waals surface area (Å²) in [5.41, 5.74) is 0. The summed E-state index contributed by atoms with van der Waals surface area (Å²) in [6.07, 6.45) is -0.559. The van der Waals surface area contributed by atoms with Gasteiger partial charge < -0.3 is 9.84 Å². The van der Waals surface area contributed by atoms with Crippen molar-refractivity contribution in [2.75, 3.05) is 13.2 Å². The molecule has 0 bridgehead atoms. The van der Waals surface area contributed by atoms with Gasteiger partial charge in [0, 0.05) is 4.88 Å². The summed E-state index contributed by atoms with van der Waals surface area (Å²) in [5, 5.41) is 10.9. The fourth-order valence-corrected chi connectivity index (χ4v) is 2.32. The van der Waals surface area contributed by atoms with Gasteiger partial charge in [0.2, 0.25) is 0 Å². The Bertz CT molecular complexity index is 375. The number of amides is 1. The van der Waals surface area contributed by atoms with Gasteiger partial charge in [-0.15, -0.1) is 11.3 Å². The number of ether oxygens (including phenoxy) is 1. The van der Waals surface area contributed by atoms with Gasteiger partial charge in [-0.25, -0.2) is 9.59 Å². The van der Waals surface area contributed by atoms with E-state index in [0.717, 1.165) is 0 Å². The first-order valence-electron chi connectivity index (χ1n) is 4.40. The van der Waals surface area contributed by atoms with Crippen molar-refractivity contribution in [2.45, 2.75) is 6.04 Å². The van der Waals surface area contributed by atoms with Crippen molar-refractivity contribution in [1.29, 1.82) is 0 Å². The SMILES string of the molecule is O=C(O)[C@@H](c1cccs1)N1CCOC1=O. The molecule has 2 rings (SSSR count). The maximum atomic E-state index is 11.3. The first kappa shape index (κ1) is 9.97. The molecule has 1 aliphatic rings. The molecule has 15 heavy (non-hydrogen) atoms. The summed E-state index contributed by atoms with van der Waals surface area (Å²) in [7, 11) is 0. The highest BCUT2D eigenvalue weighted by Gasteiger charge is 2.36. The second-order valence-electron chi connectivity index (χ2n) is 3.06. The number of cyclic esters (lactones) is 1. The Balaban J connectivity index is 2.28. The second kappa shape index (κ2) is 3.90. The van der Waals surface area contributed by atoms with Crippen LogP contribution in [0.15, 0.2) is 17.5 Å². The third kappa shape index (κ3) is 1.80. The first-order chi connectivity index (χ1) is 7.20. The third-order valence-electron chi connectivity index (χ3n) is 2.15. The summed E-state index contributed by atoms with van der Waals surface area (Å²) in [6, 6.07) is 2.55. The fraction of sp³-hybridized carbons (Fsp3) is 0.333. The van der Waals surface area contributed by atoms with Gasteiger partial charge in [-0.3, -0.25) is 4.90 Å². The van der Waals surface area contributed by atoms with Crippen molar-refractivity contribution >= 4 is 23.4 Å². The largest absolute Gasteiger partial charge is 0.479 e. The molecule has 0 spiro atoms. The van der Waals surface area contributed by atoms with Gasteiger partial charge >= 0.3 is 12.1 Å². The molecule has 1 atom stereocenters. The molecular formula is C9H9NO4S. The van der Waals surface area contributed by atoms with Gasteiger partial charge in [0.15, 0.2) is 6.04 Å². The van der Waals surface area contributed by atoms with Crippen LogP contribution in [0, 0.1) is 0 Å². The molecule has 0 radical (unpaired) electrons. The van der Waals surface area contributed by atoms with Crippen molar-refractivity contribution < 1.29 is 19.4 Å². The lowest BCUT2D eigenvalue weighted by molar-refractivity contribution is -0.142. The molecule has 0 aromatic carbocycles. The Hall–Kier alpha value is -1.56. The minimum atomic E-state index is -1.03. The summed E-state index contributed by atoms with van der Waals surface area (Å²) in [4.78, 5) is 24.2. The summed E-state index contributed by atoms with van der Waals surface area (Å²) in [5.74, 6) is -1.03. The van der Waals surface area contributed by atoms with E-state index in [-0.39, 0.29) is 6.61 Å². The van der Waals surface area contributed by atoms with Crippen LogP contribution in [0.25, 0.3) is 0 Å². The van der Waals surface area contributed by atoms with Crippen LogP contribution in [0.4, 0.5) is 4.79 Å². The first-order valence-corrected chi connectivity index (χ1v) is 5.27. The van der Waals surface area contributed by atoms with Crippen LogP contribution >= 0.6 is 11.3 Å². The zero-order valence-corrected chi connectivity index (χ0v) is 8.57. The van der Waals surface area contributed by atoms with E-state index < -0.39 is 18.1 Å². The van der Waals surface area contributed by atoms with Gasteiger partial charge in [-0.2, -0.15) is 0 Å². The number of hydrogen-bond acceptors (Lipinski definition) is 4. The van der Waals surface area contributed by atoms with E-state index in [0.29, 0.717) is 11.4 Å². The zero-order valence-electron chi connectivity index (χ0n) is 7.75. The van der Waals surface area contributed by atoms with E-state index in [1.165, 1.54) is 16.2 Å². The fourth-order valence-electron chi connectivity index (χ4n) is 1.50. The van der Waals surface area contributed by atoms with Crippen LogP contribution < -0.4 is 0 Å². The van der Waals surface area contributed by atoms with E-state index in [9.17, 15) is 9.59 Å². The Morgan fingerprint density at radius 3 is 2.93 bits per heavy atom. The highest BCUT2D eigenvalue weighted by atomic mass is 32.1. The quantitative estimate of drug-likeness (QED) is 0.845. The molecule has 0 unspecified atom stereocenters. The Morgan fingerprint density at radius 1 is 1.67 bits per heavy atom. The van der Waals surface area contributed by atoms with E-state index >= 15 is 0 Å². The van der Waals surface area contributed by atoms with Crippen LogP contribution in [0.1, 0.15) is 10.9 Å². The Labute approximate surface area is 89.9 Å². The van der Waals surface area contributed by atoms with Crippen molar-refractivity contribution in [1.82, 2.24) is 4.90 Å². The summed E-state index contributed by atoms with van der Waals surface area (Å²) in [6.45, 7) is 0.585. The maximum Gasteiger partial charge on any atom is 0.410 e. The normalized spacial score (nSPS) is 17.6. The third-order valence-corrected chi connectivity index (χ3v) is 3.08. The molecule has 80 valence electrons. The van der Waals surface area contributed by atoms with E-state index in [1.807, 2.05) is 0 Å². The molecular weight excluding hydrogens is 218 g/mol. The smallest absolute Gasteiger partial charge is 0.410 e. The van der Waals surface area contributed by atoms with E-state index in [1.54, 1.807) is 17.5 Å². The number of carboxylic acid groups (broad SMARTS) is 1. The van der Waals surface area contributed by atoms with E-state index in [2.05, 4.69) is 0 Å². The zero-order chi connectivity index (χ0) is 10.8. The number of nitrogens with zero attached hydrogens (tertiary/aromatic N) is 1. The number of aliphatic carboxylic acids is 1. The number of hydrogen-bond donors (Lipinski definition) is 1. The van der Waals surface area contributed by atoms with Crippen molar-refractivity contribution in [3.05, 3.63) is 22.4 Å². The number of carbonyl (C=O) groups excluding carboxylic acids is 1. The summed E-state index contributed by atoms with van der Waals surface area (Å²) >= 11 is 1.32. The van der Waals surface area contributed by atoms with Gasteiger partial charge in [-0.1, -0.05) is 6.07 Å². The topological polar surface area (TPSA) is 66.8 Å². The van der Waals surface area contributed by atoms with Crippen LogP contribution in [-0.4, -0.2) is 35.2 Å². The minimum absolute atomic E-state index is 0.258. The lowest BCUT2D eigenvalue weighted by Gasteiger charge is -2.20. The predicted octanol–water partition coefficient (Wildman–Crippen LogP) is 1.33. The second-order valence-corrected chi connectivity index (χ2v) is 4.04. The highest BCUT2D eigenvalue weighted by molar-refractivity contribution is 7.10. The van der Waals surface area contributed by atoms with Crippen LogP contribution in [0.3, 0.4) is 0 Å². The number of rotatable bonds is 3. The Kier molecular flexibility index (Phi) is 2.59. The number of thiophene rings is 1. The van der Waals surface area contributed by atoms with Gasteiger partial charge in [0.05, 0.1) is 6.54 Å². The van der Waals surface area contributed by atoms with Crippen molar-refractivity contribution in [3.63, 3.8) is 0 Å². The van der Waals surface area contributed by atoms with Crippen LogP contribution in [0.5, 0.6) is 0 Å². The molecule has 1 saturated heterocycles. The molecule has 1 aliphatic heterocycles. The molecule has 2 heterocycles. The van der Waals surface area contributed by atoms with Crippen LogP contribution in [-0.2, 0) is 9.53 Å². The van der Waals surface area contributed by atoms with E-state index in [4.69, 9.17) is 9.84 Å². The van der Waals surface area contributed by atoms with Gasteiger partial charge in [-0.05, 0) is 11.4 Å². The molecule has 6 heteroatoms. The standard InChI is InChI=1S/C9H9NO4S/c11-8(12)7(6-2-1-5-15-6)10-3-4-14-9(10)13/h1-2,5,7H,3-4H2,(H,11,12)/t7-/m1/s1. The molecule has 1 N–H and O–H groups in total. The molecule has 1 fully saturated rings. The van der Waals surface area contributed by atoms with Crippen LogP contribution in [0.2, 0.25) is 0 Å². The Morgan fingerprint density at radius 2 is 2.47 bits per heavy atom. The average Bonchev–Trinajstić information content (AvgIpc) is 2.79. The van der Waals surface area contributed by atoms with Crippen molar-refractivity contribution in [3.8, 4) is 0 Å². The molecule has 1 amide bonds. The molecule has 1 aromatic heterocycles.